The summed E-state index contributed by atoms with van der Waals surface area (Å²) in [6, 6.07) is 8.73. The molecule has 0 saturated carbocycles. The lowest BCUT2D eigenvalue weighted by Gasteiger charge is -2.28. The molecule has 0 aromatic heterocycles. The maximum absolute atomic E-state index is 6.36. The van der Waals surface area contributed by atoms with Gasteiger partial charge in [-0.3, -0.25) is 0 Å². The van der Waals surface area contributed by atoms with Gasteiger partial charge in [-0.25, -0.2) is 0 Å². The van der Waals surface area contributed by atoms with E-state index in [0.29, 0.717) is 5.41 Å². The van der Waals surface area contributed by atoms with Crippen LogP contribution in [0.2, 0.25) is 0 Å². The third kappa shape index (κ3) is 3.80. The van der Waals surface area contributed by atoms with Crippen LogP contribution in [0.25, 0.3) is 0 Å². The van der Waals surface area contributed by atoms with Gasteiger partial charge in [0.1, 0.15) is 0 Å². The van der Waals surface area contributed by atoms with Crippen LogP contribution in [0.5, 0.6) is 0 Å². The standard InChI is InChI=1S/C17H28N2/c1-13-6-5-7-14(10-13)16(18)12-19-9-8-15(11-19)17(2,3)4/h5-7,10,15-16H,8-9,11-12,18H2,1-4H3. The lowest BCUT2D eigenvalue weighted by atomic mass is 9.80. The van der Waals surface area contributed by atoms with Gasteiger partial charge >= 0.3 is 0 Å². The van der Waals surface area contributed by atoms with Gasteiger partial charge in [-0.05, 0) is 36.8 Å². The quantitative estimate of drug-likeness (QED) is 0.903. The van der Waals surface area contributed by atoms with E-state index in [1.54, 1.807) is 0 Å². The Hall–Kier alpha value is -0.860. The van der Waals surface area contributed by atoms with Crippen molar-refractivity contribution in [3.8, 4) is 0 Å². The minimum atomic E-state index is 0.138. The van der Waals surface area contributed by atoms with Crippen molar-refractivity contribution in [2.24, 2.45) is 17.1 Å². The SMILES string of the molecule is Cc1cccc(C(N)CN2CCC(C(C)(C)C)C2)c1. The first-order valence-corrected chi connectivity index (χ1v) is 7.41. The minimum Gasteiger partial charge on any atom is -0.323 e. The van der Waals surface area contributed by atoms with Gasteiger partial charge in [0.25, 0.3) is 0 Å². The molecule has 0 bridgehead atoms. The fourth-order valence-electron chi connectivity index (χ4n) is 2.99. The maximum atomic E-state index is 6.36. The Morgan fingerprint density at radius 2 is 2.11 bits per heavy atom. The van der Waals surface area contributed by atoms with Crippen molar-refractivity contribution in [1.82, 2.24) is 4.90 Å². The zero-order chi connectivity index (χ0) is 14.0. The van der Waals surface area contributed by atoms with E-state index >= 15 is 0 Å². The highest BCUT2D eigenvalue weighted by molar-refractivity contribution is 5.25. The Labute approximate surface area is 118 Å². The topological polar surface area (TPSA) is 29.3 Å². The maximum Gasteiger partial charge on any atom is 0.0424 e. The number of nitrogens with two attached hydrogens (primary N) is 1. The summed E-state index contributed by atoms with van der Waals surface area (Å²) in [7, 11) is 0. The van der Waals surface area contributed by atoms with Crippen LogP contribution in [-0.2, 0) is 0 Å². The molecule has 2 unspecified atom stereocenters. The van der Waals surface area contributed by atoms with Crippen molar-refractivity contribution in [3.63, 3.8) is 0 Å². The molecule has 0 spiro atoms. The van der Waals surface area contributed by atoms with Crippen molar-refractivity contribution in [2.45, 2.75) is 40.2 Å². The molecule has 0 aliphatic carbocycles. The molecule has 106 valence electrons. The first-order chi connectivity index (χ1) is 8.86. The van der Waals surface area contributed by atoms with Crippen LogP contribution >= 0.6 is 0 Å². The monoisotopic (exact) mass is 260 g/mol. The molecule has 2 N–H and O–H groups in total. The minimum absolute atomic E-state index is 0.138. The first-order valence-electron chi connectivity index (χ1n) is 7.41. The molecular formula is C17H28N2. The summed E-state index contributed by atoms with van der Waals surface area (Å²) in [5, 5.41) is 0. The van der Waals surface area contributed by atoms with Gasteiger partial charge in [-0.2, -0.15) is 0 Å². The van der Waals surface area contributed by atoms with Gasteiger partial charge < -0.3 is 10.6 Å². The fraction of sp³-hybridized carbons (Fsp3) is 0.647. The molecule has 0 amide bonds. The van der Waals surface area contributed by atoms with Gasteiger partial charge in [0.05, 0.1) is 0 Å². The summed E-state index contributed by atoms with van der Waals surface area (Å²) >= 11 is 0. The predicted octanol–water partition coefficient (Wildman–Crippen LogP) is 3.36. The van der Waals surface area contributed by atoms with E-state index < -0.39 is 0 Å². The van der Waals surface area contributed by atoms with E-state index in [2.05, 4.69) is 56.9 Å². The third-order valence-electron chi connectivity index (χ3n) is 4.42. The van der Waals surface area contributed by atoms with E-state index in [0.717, 1.165) is 12.5 Å². The van der Waals surface area contributed by atoms with Crippen LogP contribution in [0.15, 0.2) is 24.3 Å². The molecule has 1 aromatic rings. The number of aryl methyl sites for hydroxylation is 1. The summed E-state index contributed by atoms with van der Waals surface area (Å²) in [4.78, 5) is 2.53. The Morgan fingerprint density at radius 3 is 2.68 bits per heavy atom. The Bertz CT molecular complexity index is 420. The summed E-state index contributed by atoms with van der Waals surface area (Å²) < 4.78 is 0. The summed E-state index contributed by atoms with van der Waals surface area (Å²) in [6.07, 6.45) is 1.31. The second-order valence-corrected chi connectivity index (χ2v) is 7.13. The number of rotatable bonds is 3. The van der Waals surface area contributed by atoms with Crippen LogP contribution in [0.1, 0.15) is 44.4 Å². The number of likely N-dealkylation sites (tertiary alicyclic amines) is 1. The number of nitrogens with zero attached hydrogens (tertiary/aromatic N) is 1. The highest BCUT2D eigenvalue weighted by Crippen LogP contribution is 2.34. The van der Waals surface area contributed by atoms with Gasteiger partial charge in [-0.15, -0.1) is 0 Å². The first kappa shape index (κ1) is 14.5. The van der Waals surface area contributed by atoms with Crippen molar-refractivity contribution in [1.29, 1.82) is 0 Å². The normalized spacial score (nSPS) is 22.7. The van der Waals surface area contributed by atoms with Gasteiger partial charge in [0.15, 0.2) is 0 Å². The van der Waals surface area contributed by atoms with Crippen LogP contribution < -0.4 is 5.73 Å². The molecule has 2 nitrogen and oxygen atoms in total. The highest BCUT2D eigenvalue weighted by atomic mass is 15.2. The molecule has 1 aromatic carbocycles. The average Bonchev–Trinajstić information content (AvgIpc) is 2.77. The molecule has 2 heteroatoms. The Morgan fingerprint density at radius 1 is 1.37 bits per heavy atom. The van der Waals surface area contributed by atoms with Crippen LogP contribution in [0.4, 0.5) is 0 Å². The lowest BCUT2D eigenvalue weighted by molar-refractivity contribution is 0.224. The van der Waals surface area contributed by atoms with Gasteiger partial charge in [-0.1, -0.05) is 50.6 Å². The number of hydrogen-bond acceptors (Lipinski definition) is 2. The van der Waals surface area contributed by atoms with E-state index in [9.17, 15) is 0 Å². The number of benzene rings is 1. The molecule has 2 rings (SSSR count). The molecule has 1 aliphatic rings. The summed E-state index contributed by atoms with van der Waals surface area (Å²) in [5.74, 6) is 0.803. The fourth-order valence-corrected chi connectivity index (χ4v) is 2.99. The largest absolute Gasteiger partial charge is 0.323 e. The van der Waals surface area contributed by atoms with Gasteiger partial charge in [0.2, 0.25) is 0 Å². The third-order valence-corrected chi connectivity index (χ3v) is 4.42. The number of hydrogen-bond donors (Lipinski definition) is 1. The molecule has 1 aliphatic heterocycles. The predicted molar refractivity (Wildman–Crippen MR) is 82.1 cm³/mol. The van der Waals surface area contributed by atoms with Crippen molar-refractivity contribution >= 4 is 0 Å². The molecule has 19 heavy (non-hydrogen) atoms. The Balaban J connectivity index is 1.92. The Kier molecular flexibility index (Phi) is 4.32. The van der Waals surface area contributed by atoms with E-state index in [1.165, 1.54) is 30.6 Å². The molecule has 0 radical (unpaired) electrons. The van der Waals surface area contributed by atoms with Crippen molar-refractivity contribution in [3.05, 3.63) is 35.4 Å². The second-order valence-electron chi connectivity index (χ2n) is 7.13. The molecular weight excluding hydrogens is 232 g/mol. The smallest absolute Gasteiger partial charge is 0.0424 e. The van der Waals surface area contributed by atoms with Crippen LogP contribution in [0.3, 0.4) is 0 Å². The van der Waals surface area contributed by atoms with E-state index in [1.807, 2.05) is 0 Å². The second kappa shape index (κ2) is 5.64. The van der Waals surface area contributed by atoms with Crippen LogP contribution in [0, 0.1) is 18.3 Å². The lowest BCUT2D eigenvalue weighted by Crippen LogP contribution is -2.32. The van der Waals surface area contributed by atoms with Crippen LogP contribution in [-0.4, -0.2) is 24.5 Å². The van der Waals surface area contributed by atoms with E-state index in [-0.39, 0.29) is 6.04 Å². The van der Waals surface area contributed by atoms with Crippen molar-refractivity contribution in [2.75, 3.05) is 19.6 Å². The molecule has 1 heterocycles. The average molecular weight is 260 g/mol. The van der Waals surface area contributed by atoms with Crippen molar-refractivity contribution < 1.29 is 0 Å². The zero-order valence-electron chi connectivity index (χ0n) is 12.8. The van der Waals surface area contributed by atoms with E-state index in [4.69, 9.17) is 5.73 Å². The molecule has 1 saturated heterocycles. The summed E-state index contributed by atoms with van der Waals surface area (Å²) in [5.41, 5.74) is 9.33. The molecule has 1 fully saturated rings. The highest BCUT2D eigenvalue weighted by Gasteiger charge is 2.32. The van der Waals surface area contributed by atoms with Gasteiger partial charge in [0, 0.05) is 19.1 Å². The molecule has 2 atom stereocenters. The zero-order valence-corrected chi connectivity index (χ0v) is 12.8. The summed E-state index contributed by atoms with van der Waals surface area (Å²) in [6.45, 7) is 12.5.